The van der Waals surface area contributed by atoms with Gasteiger partial charge in [0.05, 0.1) is 11.4 Å². The third-order valence-corrected chi connectivity index (χ3v) is 3.70. The summed E-state index contributed by atoms with van der Waals surface area (Å²) in [4.78, 5) is 12.5. The highest BCUT2D eigenvalue weighted by molar-refractivity contribution is 5.94. The molecule has 0 saturated heterocycles. The third kappa shape index (κ3) is 4.31. The lowest BCUT2D eigenvalue weighted by atomic mass is 10.2. The molecule has 0 aliphatic rings. The number of rotatable bonds is 8. The molecule has 0 saturated carbocycles. The van der Waals surface area contributed by atoms with Gasteiger partial charge in [-0.1, -0.05) is 36.8 Å². The largest absolute Gasteiger partial charge is 0.488 e. The molecule has 0 aliphatic carbocycles. The van der Waals surface area contributed by atoms with Crippen LogP contribution in [0.1, 0.15) is 36.5 Å². The second-order valence-corrected chi connectivity index (χ2v) is 5.91. The van der Waals surface area contributed by atoms with E-state index in [0.717, 1.165) is 12.2 Å². The van der Waals surface area contributed by atoms with Gasteiger partial charge in [-0.15, -0.1) is 5.10 Å². The van der Waals surface area contributed by atoms with Gasteiger partial charge in [-0.05, 0) is 35.8 Å². The van der Waals surface area contributed by atoms with Gasteiger partial charge in [0.25, 0.3) is 5.91 Å². The molecule has 28 heavy (non-hydrogen) atoms. The number of para-hydroxylation sites is 1. The number of carbonyl (C=O) groups excluding carboxylic acids is 1. The monoisotopic (exact) mass is 384 g/mol. The maximum atomic E-state index is 12.5. The molecule has 0 aliphatic heterocycles. The molecule has 0 unspecified atom stereocenters. The lowest BCUT2D eigenvalue weighted by molar-refractivity contribution is 0.0948. The van der Waals surface area contributed by atoms with Gasteiger partial charge in [0.2, 0.25) is 11.6 Å². The van der Waals surface area contributed by atoms with Crippen molar-refractivity contribution in [3.05, 3.63) is 41.7 Å². The molecule has 0 fully saturated rings. The van der Waals surface area contributed by atoms with E-state index in [1.807, 2.05) is 37.3 Å². The third-order valence-electron chi connectivity index (χ3n) is 3.70. The molecule has 0 radical (unpaired) electrons. The lowest BCUT2D eigenvalue weighted by Gasteiger charge is -2.06. The number of hydrogen-bond donors (Lipinski definition) is 2. The normalized spacial score (nSPS) is 11.4. The van der Waals surface area contributed by atoms with Gasteiger partial charge in [-0.25, -0.2) is 10.1 Å². The summed E-state index contributed by atoms with van der Waals surface area (Å²) in [6.07, 6.45) is 1.29. The summed E-state index contributed by atoms with van der Waals surface area (Å²) >= 11 is 0. The van der Waals surface area contributed by atoms with Crippen molar-refractivity contribution in [3.63, 3.8) is 0 Å². The van der Waals surface area contributed by atoms with Crippen LogP contribution in [0.3, 0.4) is 0 Å². The number of amides is 1. The van der Waals surface area contributed by atoms with Crippen molar-refractivity contribution >= 4 is 17.4 Å². The van der Waals surface area contributed by atoms with Gasteiger partial charge in [-0.3, -0.25) is 4.79 Å². The number of nitrogens with zero attached hydrogens (tertiary/aromatic N) is 6. The van der Waals surface area contributed by atoms with E-state index in [4.69, 9.17) is 10.5 Å². The molecule has 2 aromatic heterocycles. The van der Waals surface area contributed by atoms with E-state index in [1.54, 1.807) is 6.92 Å². The topological polar surface area (TPSA) is 146 Å². The molecular weight excluding hydrogens is 364 g/mol. The Hall–Kier alpha value is -3.76. The number of nitrogens with one attached hydrogen (secondary N) is 1. The van der Waals surface area contributed by atoms with Crippen molar-refractivity contribution in [2.45, 2.75) is 26.7 Å². The highest BCUT2D eigenvalue weighted by Gasteiger charge is 2.23. The number of anilines is 1. The molecule has 3 N–H and O–H groups in total. The van der Waals surface area contributed by atoms with Crippen LogP contribution < -0.4 is 15.9 Å². The Balaban J connectivity index is 1.70. The first kappa shape index (κ1) is 19.0. The minimum atomic E-state index is -0.496. The maximum Gasteiger partial charge on any atom is 0.293 e. The smallest absolute Gasteiger partial charge is 0.293 e. The molecule has 3 rings (SSSR count). The summed E-state index contributed by atoms with van der Waals surface area (Å²) in [7, 11) is 0. The summed E-state index contributed by atoms with van der Waals surface area (Å²) in [6.45, 7) is 3.95. The second-order valence-electron chi connectivity index (χ2n) is 5.91. The number of carbonyl (C=O) groups is 1. The average molecular weight is 384 g/mol. The molecule has 0 spiro atoms. The fourth-order valence-corrected chi connectivity index (χ4v) is 2.38. The maximum absolute atomic E-state index is 12.5. The molecule has 11 nitrogen and oxygen atoms in total. The van der Waals surface area contributed by atoms with Gasteiger partial charge in [-0.2, -0.15) is 9.78 Å². The SMILES string of the molecule is CCCc1c(C(=O)NN=C(C)COc2ccccc2)nnn1-c1nonc1N. The number of ether oxygens (including phenoxy) is 1. The number of hydrazone groups is 1. The van der Waals surface area contributed by atoms with Gasteiger partial charge in [0.1, 0.15) is 12.4 Å². The first-order chi connectivity index (χ1) is 13.6. The van der Waals surface area contributed by atoms with E-state index in [2.05, 4.69) is 35.8 Å². The van der Waals surface area contributed by atoms with E-state index < -0.39 is 5.91 Å². The molecular formula is C17H20N8O3. The summed E-state index contributed by atoms with van der Waals surface area (Å²) < 4.78 is 11.5. The Labute approximate surface area is 160 Å². The van der Waals surface area contributed by atoms with E-state index in [1.165, 1.54) is 4.68 Å². The zero-order chi connectivity index (χ0) is 19.9. The number of aromatic nitrogens is 5. The van der Waals surface area contributed by atoms with Crippen molar-refractivity contribution in [2.75, 3.05) is 12.3 Å². The number of hydrogen-bond acceptors (Lipinski definition) is 9. The predicted molar refractivity (Wildman–Crippen MR) is 100 cm³/mol. The molecule has 1 amide bonds. The zero-order valence-electron chi connectivity index (χ0n) is 15.5. The molecule has 3 aromatic rings. The van der Waals surface area contributed by atoms with Crippen LogP contribution in [0.25, 0.3) is 5.82 Å². The molecule has 1 aromatic carbocycles. The molecule has 2 heterocycles. The summed E-state index contributed by atoms with van der Waals surface area (Å²) in [6, 6.07) is 9.33. The van der Waals surface area contributed by atoms with Crippen LogP contribution in [-0.4, -0.2) is 43.5 Å². The number of benzene rings is 1. The minimum Gasteiger partial charge on any atom is -0.488 e. The summed E-state index contributed by atoms with van der Waals surface area (Å²) in [5.74, 6) is 0.464. The van der Waals surface area contributed by atoms with E-state index >= 15 is 0 Å². The van der Waals surface area contributed by atoms with Crippen molar-refractivity contribution in [1.82, 2.24) is 30.7 Å². The van der Waals surface area contributed by atoms with Crippen molar-refractivity contribution in [3.8, 4) is 11.6 Å². The van der Waals surface area contributed by atoms with Gasteiger partial charge >= 0.3 is 0 Å². The van der Waals surface area contributed by atoms with E-state index in [9.17, 15) is 4.79 Å². The molecule has 146 valence electrons. The summed E-state index contributed by atoms with van der Waals surface area (Å²) in [5, 5.41) is 19.2. The Morgan fingerprint density at radius 2 is 2.11 bits per heavy atom. The van der Waals surface area contributed by atoms with Gasteiger partial charge in [0, 0.05) is 0 Å². The van der Waals surface area contributed by atoms with Crippen LogP contribution in [0.5, 0.6) is 5.75 Å². The number of nitrogens with two attached hydrogens (primary N) is 1. The van der Waals surface area contributed by atoms with Gasteiger partial charge < -0.3 is 10.5 Å². The fraction of sp³-hybridized carbons (Fsp3) is 0.294. The van der Waals surface area contributed by atoms with Crippen molar-refractivity contribution in [1.29, 1.82) is 0 Å². The Bertz CT molecular complexity index is 964. The standard InChI is InChI=1S/C17H20N8O3/c1-3-7-13-14(20-24-25(13)16-15(18)22-28-23-16)17(26)21-19-11(2)10-27-12-8-5-4-6-9-12/h4-6,8-9H,3,7,10H2,1-2H3,(H2,18,22)(H,21,26). The molecule has 0 bridgehead atoms. The highest BCUT2D eigenvalue weighted by Crippen LogP contribution is 2.17. The summed E-state index contributed by atoms with van der Waals surface area (Å²) in [5.41, 5.74) is 9.44. The number of nitrogen functional groups attached to an aromatic ring is 1. The van der Waals surface area contributed by atoms with Crippen LogP contribution in [0.15, 0.2) is 40.1 Å². The minimum absolute atomic E-state index is 0.0566. The first-order valence-corrected chi connectivity index (χ1v) is 8.64. The van der Waals surface area contributed by atoms with Gasteiger partial charge in [0.15, 0.2) is 5.69 Å². The van der Waals surface area contributed by atoms with Crippen molar-refractivity contribution in [2.24, 2.45) is 5.10 Å². The van der Waals surface area contributed by atoms with Crippen LogP contribution in [0, 0.1) is 0 Å². The van der Waals surface area contributed by atoms with Crippen LogP contribution in [0.4, 0.5) is 5.82 Å². The van der Waals surface area contributed by atoms with Crippen LogP contribution >= 0.6 is 0 Å². The predicted octanol–water partition coefficient (Wildman–Crippen LogP) is 1.37. The Kier molecular flexibility index (Phi) is 5.94. The van der Waals surface area contributed by atoms with E-state index in [0.29, 0.717) is 17.8 Å². The molecule has 11 heteroatoms. The van der Waals surface area contributed by atoms with Crippen molar-refractivity contribution < 1.29 is 14.2 Å². The average Bonchev–Trinajstić information content (AvgIpc) is 3.31. The zero-order valence-corrected chi connectivity index (χ0v) is 15.5. The second kappa shape index (κ2) is 8.75. The highest BCUT2D eigenvalue weighted by atomic mass is 16.6. The van der Waals surface area contributed by atoms with Crippen LogP contribution in [0.2, 0.25) is 0 Å². The quantitative estimate of drug-likeness (QED) is 0.437. The Morgan fingerprint density at radius 1 is 1.32 bits per heavy atom. The van der Waals surface area contributed by atoms with Crippen LogP contribution in [-0.2, 0) is 6.42 Å². The fourth-order valence-electron chi connectivity index (χ4n) is 2.38. The Morgan fingerprint density at radius 3 is 2.79 bits per heavy atom. The van der Waals surface area contributed by atoms with E-state index in [-0.39, 0.29) is 23.9 Å². The molecule has 0 atom stereocenters. The lowest BCUT2D eigenvalue weighted by Crippen LogP contribution is -2.23. The first-order valence-electron chi connectivity index (χ1n) is 8.64.